The van der Waals surface area contributed by atoms with Crippen LogP contribution in [0.4, 0.5) is 0 Å². The molecule has 1 aromatic rings. The maximum atomic E-state index is 8.57. The van der Waals surface area contributed by atoms with Crippen molar-refractivity contribution in [2.45, 2.75) is 6.61 Å². The summed E-state index contributed by atoms with van der Waals surface area (Å²) in [4.78, 5) is 3.93. The monoisotopic (exact) mass is 122 g/mol. The van der Waals surface area contributed by atoms with Crippen molar-refractivity contribution in [2.24, 2.45) is 0 Å². The molecule has 0 aliphatic heterocycles. The van der Waals surface area contributed by atoms with Crippen LogP contribution >= 0.6 is 0 Å². The second-order valence-corrected chi connectivity index (χ2v) is 1.78. The number of hydrogen-bond donors (Lipinski definition) is 1. The van der Waals surface area contributed by atoms with Crippen LogP contribution in [0, 0.1) is 6.92 Å². The van der Waals surface area contributed by atoms with Crippen LogP contribution in [0.3, 0.4) is 0 Å². The quantitative estimate of drug-likeness (QED) is 0.596. The van der Waals surface area contributed by atoms with E-state index in [2.05, 4.69) is 11.9 Å². The van der Waals surface area contributed by atoms with E-state index in [0.717, 1.165) is 0 Å². The minimum atomic E-state index is -0.0106. The second-order valence-electron chi connectivity index (χ2n) is 1.78. The molecule has 0 bridgehead atoms. The first-order valence-corrected chi connectivity index (χ1v) is 2.71. The molecule has 1 rings (SSSR count). The summed E-state index contributed by atoms with van der Waals surface area (Å²) in [5, 5.41) is 8.57. The third-order valence-corrected chi connectivity index (χ3v) is 1.03. The number of pyridine rings is 1. The number of aliphatic hydroxyl groups is 1. The molecule has 1 aromatic heterocycles. The standard InChI is InChI=1S/C7H8NO/c1-6-3-2-4-7(5-9)8-6/h2-4,9H,1,5H2. The number of hydrogen-bond acceptors (Lipinski definition) is 2. The highest BCUT2D eigenvalue weighted by Gasteiger charge is 1.88. The van der Waals surface area contributed by atoms with E-state index < -0.39 is 0 Å². The molecule has 0 aliphatic carbocycles. The summed E-state index contributed by atoms with van der Waals surface area (Å²) in [5.41, 5.74) is 1.36. The zero-order valence-corrected chi connectivity index (χ0v) is 5.04. The van der Waals surface area contributed by atoms with Gasteiger partial charge in [-0.05, 0) is 19.1 Å². The molecular formula is C7H8NO. The average Bonchev–Trinajstić information content (AvgIpc) is 1.88. The first kappa shape index (κ1) is 6.23. The SMILES string of the molecule is [CH2]c1cccc(CO)n1. The summed E-state index contributed by atoms with van der Waals surface area (Å²) in [6.07, 6.45) is 0. The molecule has 2 heteroatoms. The van der Waals surface area contributed by atoms with E-state index in [9.17, 15) is 0 Å². The molecule has 0 spiro atoms. The topological polar surface area (TPSA) is 33.1 Å². The lowest BCUT2D eigenvalue weighted by atomic mass is 10.3. The molecule has 1 heterocycles. The van der Waals surface area contributed by atoms with Gasteiger partial charge in [-0.25, -0.2) is 0 Å². The summed E-state index contributed by atoms with van der Waals surface area (Å²) < 4.78 is 0. The Labute approximate surface area is 54.2 Å². The van der Waals surface area contributed by atoms with Crippen molar-refractivity contribution in [1.82, 2.24) is 4.98 Å². The van der Waals surface area contributed by atoms with Crippen LogP contribution < -0.4 is 0 Å². The first-order chi connectivity index (χ1) is 4.33. The van der Waals surface area contributed by atoms with E-state index in [4.69, 9.17) is 5.11 Å². The fraction of sp³-hybridized carbons (Fsp3) is 0.143. The number of nitrogens with zero attached hydrogens (tertiary/aromatic N) is 1. The van der Waals surface area contributed by atoms with Gasteiger partial charge in [0.05, 0.1) is 12.3 Å². The Bertz CT molecular complexity index is 198. The van der Waals surface area contributed by atoms with Gasteiger partial charge in [0, 0.05) is 5.69 Å². The molecular weight excluding hydrogens is 114 g/mol. The van der Waals surface area contributed by atoms with Gasteiger partial charge in [-0.15, -0.1) is 0 Å². The Balaban J connectivity index is 2.94. The maximum Gasteiger partial charge on any atom is 0.0853 e. The highest BCUT2D eigenvalue weighted by atomic mass is 16.3. The van der Waals surface area contributed by atoms with Crippen LogP contribution in [-0.2, 0) is 6.61 Å². The van der Waals surface area contributed by atoms with Crippen molar-refractivity contribution in [2.75, 3.05) is 0 Å². The zero-order valence-electron chi connectivity index (χ0n) is 5.04. The first-order valence-electron chi connectivity index (χ1n) is 2.71. The molecule has 1 radical (unpaired) electrons. The molecule has 0 atom stereocenters. The van der Waals surface area contributed by atoms with Gasteiger partial charge < -0.3 is 5.11 Å². The van der Waals surface area contributed by atoms with Gasteiger partial charge in [0.1, 0.15) is 0 Å². The van der Waals surface area contributed by atoms with Crippen molar-refractivity contribution >= 4 is 0 Å². The van der Waals surface area contributed by atoms with E-state index in [1.165, 1.54) is 0 Å². The fourth-order valence-electron chi connectivity index (χ4n) is 0.617. The lowest BCUT2D eigenvalue weighted by molar-refractivity contribution is 0.276. The Morgan fingerprint density at radius 3 is 2.78 bits per heavy atom. The van der Waals surface area contributed by atoms with Crippen LogP contribution in [0.25, 0.3) is 0 Å². The van der Waals surface area contributed by atoms with E-state index in [1.807, 2.05) is 6.07 Å². The highest BCUT2D eigenvalue weighted by Crippen LogP contribution is 1.96. The molecule has 1 N–H and O–H groups in total. The van der Waals surface area contributed by atoms with Gasteiger partial charge in [0.25, 0.3) is 0 Å². The smallest absolute Gasteiger partial charge is 0.0853 e. The summed E-state index contributed by atoms with van der Waals surface area (Å²) >= 11 is 0. The molecule has 0 saturated carbocycles. The lowest BCUT2D eigenvalue weighted by Crippen LogP contribution is -1.89. The Hall–Kier alpha value is -0.890. The molecule has 47 valence electrons. The van der Waals surface area contributed by atoms with Crippen molar-refractivity contribution in [3.8, 4) is 0 Å². The summed E-state index contributed by atoms with van der Waals surface area (Å²) in [7, 11) is 0. The predicted molar refractivity (Wildman–Crippen MR) is 34.6 cm³/mol. The Morgan fingerprint density at radius 2 is 2.33 bits per heavy atom. The third-order valence-electron chi connectivity index (χ3n) is 1.03. The fourth-order valence-corrected chi connectivity index (χ4v) is 0.617. The molecule has 0 saturated heterocycles. The molecule has 0 amide bonds. The van der Waals surface area contributed by atoms with E-state index >= 15 is 0 Å². The number of aliphatic hydroxyl groups excluding tert-OH is 1. The van der Waals surface area contributed by atoms with E-state index in [0.29, 0.717) is 11.4 Å². The molecule has 0 unspecified atom stereocenters. The molecule has 9 heavy (non-hydrogen) atoms. The van der Waals surface area contributed by atoms with E-state index in [1.54, 1.807) is 12.1 Å². The largest absolute Gasteiger partial charge is 0.390 e. The van der Waals surface area contributed by atoms with Gasteiger partial charge in [-0.3, -0.25) is 4.98 Å². The van der Waals surface area contributed by atoms with Crippen molar-refractivity contribution in [3.05, 3.63) is 36.5 Å². The molecule has 0 fully saturated rings. The molecule has 2 nitrogen and oxygen atoms in total. The van der Waals surface area contributed by atoms with Gasteiger partial charge >= 0.3 is 0 Å². The van der Waals surface area contributed by atoms with Crippen LogP contribution in [0.5, 0.6) is 0 Å². The average molecular weight is 122 g/mol. The Morgan fingerprint density at radius 1 is 1.56 bits per heavy atom. The Kier molecular flexibility index (Phi) is 1.80. The van der Waals surface area contributed by atoms with E-state index in [-0.39, 0.29) is 6.61 Å². The minimum Gasteiger partial charge on any atom is -0.390 e. The van der Waals surface area contributed by atoms with Crippen molar-refractivity contribution in [1.29, 1.82) is 0 Å². The van der Waals surface area contributed by atoms with Gasteiger partial charge in [0.2, 0.25) is 0 Å². The molecule has 0 aliphatic rings. The zero-order chi connectivity index (χ0) is 6.69. The summed E-state index contributed by atoms with van der Waals surface area (Å²) in [6.45, 7) is 3.60. The summed E-state index contributed by atoms with van der Waals surface area (Å²) in [5.74, 6) is 0. The maximum absolute atomic E-state index is 8.57. The van der Waals surface area contributed by atoms with Gasteiger partial charge in [-0.2, -0.15) is 0 Å². The normalized spacial score (nSPS) is 9.56. The summed E-state index contributed by atoms with van der Waals surface area (Å²) in [6, 6.07) is 5.37. The second kappa shape index (κ2) is 2.60. The van der Waals surface area contributed by atoms with Crippen LogP contribution in [0.15, 0.2) is 18.2 Å². The number of aromatic nitrogens is 1. The number of rotatable bonds is 1. The van der Waals surface area contributed by atoms with Crippen molar-refractivity contribution < 1.29 is 5.11 Å². The highest BCUT2D eigenvalue weighted by molar-refractivity contribution is 5.12. The van der Waals surface area contributed by atoms with Gasteiger partial charge in [-0.1, -0.05) is 6.07 Å². The van der Waals surface area contributed by atoms with Crippen LogP contribution in [0.1, 0.15) is 11.4 Å². The van der Waals surface area contributed by atoms with Crippen LogP contribution in [-0.4, -0.2) is 10.1 Å². The minimum absolute atomic E-state index is 0.0106. The van der Waals surface area contributed by atoms with Crippen LogP contribution in [0.2, 0.25) is 0 Å². The third kappa shape index (κ3) is 1.50. The van der Waals surface area contributed by atoms with Crippen molar-refractivity contribution in [3.63, 3.8) is 0 Å². The van der Waals surface area contributed by atoms with Gasteiger partial charge in [0.15, 0.2) is 0 Å². The lowest BCUT2D eigenvalue weighted by Gasteiger charge is -1.93. The predicted octanol–water partition coefficient (Wildman–Crippen LogP) is 0.756. The molecule has 0 aromatic carbocycles.